The van der Waals surface area contributed by atoms with Crippen LogP contribution in [-0.2, 0) is 0 Å². The van der Waals surface area contributed by atoms with Crippen molar-refractivity contribution in [3.8, 4) is 0 Å². The highest BCUT2D eigenvalue weighted by molar-refractivity contribution is 6.07. The molecule has 0 saturated heterocycles. The second-order valence-electron chi connectivity index (χ2n) is 4.93. The highest BCUT2D eigenvalue weighted by atomic mass is 16.1. The summed E-state index contributed by atoms with van der Waals surface area (Å²) in [5.41, 5.74) is 3.95. The average molecular weight is 200 g/mol. The number of hydrogen-bond acceptors (Lipinski definition) is 1. The predicted molar refractivity (Wildman–Crippen MR) is 63.1 cm³/mol. The second kappa shape index (κ2) is 3.06. The number of rotatable bonds is 0. The Morgan fingerprint density at radius 3 is 2.47 bits per heavy atom. The molecule has 1 aromatic carbocycles. The maximum atomic E-state index is 12.2. The van der Waals surface area contributed by atoms with Gasteiger partial charge in [0, 0.05) is 11.0 Å². The van der Waals surface area contributed by atoms with Gasteiger partial charge in [-0.25, -0.2) is 0 Å². The van der Waals surface area contributed by atoms with Crippen molar-refractivity contribution in [1.82, 2.24) is 0 Å². The molecule has 0 amide bonds. The van der Waals surface area contributed by atoms with Gasteiger partial charge in [0.15, 0.2) is 5.78 Å². The molecule has 0 atom stereocenters. The van der Waals surface area contributed by atoms with E-state index in [1.54, 1.807) is 0 Å². The maximum Gasteiger partial charge on any atom is 0.172 e. The molecule has 78 valence electrons. The average Bonchev–Trinajstić information content (AvgIpc) is 2.12. The summed E-state index contributed by atoms with van der Waals surface area (Å²) in [7, 11) is 0. The van der Waals surface area contributed by atoms with Crippen molar-refractivity contribution in [1.29, 1.82) is 0 Å². The first-order valence-corrected chi connectivity index (χ1v) is 5.27. The molecule has 0 spiro atoms. The van der Waals surface area contributed by atoms with Gasteiger partial charge in [0.05, 0.1) is 0 Å². The summed E-state index contributed by atoms with van der Waals surface area (Å²) < 4.78 is 0. The molecular weight excluding hydrogens is 184 g/mol. The molecule has 0 aromatic heterocycles. The topological polar surface area (TPSA) is 17.1 Å². The van der Waals surface area contributed by atoms with E-state index < -0.39 is 0 Å². The molecule has 1 heteroatoms. The molecule has 1 nitrogen and oxygen atoms in total. The number of Topliss-reactive ketones (excluding diaryl/α,β-unsaturated/α-hetero) is 1. The minimum Gasteiger partial charge on any atom is -0.293 e. The van der Waals surface area contributed by atoms with Crippen molar-refractivity contribution in [3.63, 3.8) is 0 Å². The van der Waals surface area contributed by atoms with Gasteiger partial charge in [0.25, 0.3) is 0 Å². The molecule has 0 aliphatic heterocycles. The number of fused-ring (bicyclic) bond motifs is 1. The number of hydrogen-bond donors (Lipinski definition) is 0. The van der Waals surface area contributed by atoms with Gasteiger partial charge in [-0.3, -0.25) is 4.79 Å². The van der Waals surface area contributed by atoms with E-state index in [2.05, 4.69) is 19.1 Å². The van der Waals surface area contributed by atoms with Gasteiger partial charge in [0.2, 0.25) is 0 Å². The molecule has 0 saturated carbocycles. The van der Waals surface area contributed by atoms with Gasteiger partial charge in [-0.2, -0.15) is 0 Å². The number of carbonyl (C=O) groups excluding carboxylic acids is 1. The van der Waals surface area contributed by atoms with Gasteiger partial charge >= 0.3 is 0 Å². The number of carbonyl (C=O) groups is 1. The lowest BCUT2D eigenvalue weighted by Crippen LogP contribution is -2.25. The van der Waals surface area contributed by atoms with Crippen LogP contribution in [0.3, 0.4) is 0 Å². The number of aryl methyl sites for hydroxylation is 2. The van der Waals surface area contributed by atoms with Crippen LogP contribution in [0.5, 0.6) is 0 Å². The van der Waals surface area contributed by atoms with Crippen LogP contribution in [0.1, 0.15) is 40.9 Å². The summed E-state index contributed by atoms with van der Waals surface area (Å²) in [5.74, 6) is 0.229. The van der Waals surface area contributed by atoms with Crippen LogP contribution in [0.4, 0.5) is 0 Å². The SMILES string of the molecule is Cc1cc(C)c2c(c1)C(=O)C(C)(C)C=C2. The third-order valence-electron chi connectivity index (χ3n) is 3.03. The van der Waals surface area contributed by atoms with Crippen molar-refractivity contribution >= 4 is 11.9 Å². The standard InChI is InChI=1S/C14H16O/c1-9-7-10(2)11-5-6-14(3,4)13(15)12(11)8-9/h5-8H,1-4H3. The summed E-state index contributed by atoms with van der Waals surface area (Å²) >= 11 is 0. The van der Waals surface area contributed by atoms with Gasteiger partial charge in [-0.1, -0.05) is 23.8 Å². The first kappa shape index (κ1) is 10.2. The molecule has 0 radical (unpaired) electrons. The van der Waals surface area contributed by atoms with E-state index in [1.165, 1.54) is 5.56 Å². The molecular formula is C14H16O. The molecule has 1 aliphatic rings. The summed E-state index contributed by atoms with van der Waals surface area (Å²) in [6.07, 6.45) is 4.07. The number of benzene rings is 1. The summed E-state index contributed by atoms with van der Waals surface area (Å²) in [4.78, 5) is 12.2. The van der Waals surface area contributed by atoms with Crippen LogP contribution < -0.4 is 0 Å². The number of allylic oxidation sites excluding steroid dienone is 1. The highest BCUT2D eigenvalue weighted by Crippen LogP contribution is 2.33. The molecule has 1 aromatic rings. The maximum absolute atomic E-state index is 12.2. The first-order valence-electron chi connectivity index (χ1n) is 5.27. The zero-order valence-corrected chi connectivity index (χ0v) is 9.72. The molecule has 0 N–H and O–H groups in total. The van der Waals surface area contributed by atoms with Gasteiger partial charge in [-0.15, -0.1) is 0 Å². The fourth-order valence-corrected chi connectivity index (χ4v) is 2.10. The van der Waals surface area contributed by atoms with E-state index in [4.69, 9.17) is 0 Å². The largest absolute Gasteiger partial charge is 0.293 e. The minimum absolute atomic E-state index is 0.229. The van der Waals surface area contributed by atoms with Crippen LogP contribution in [0.2, 0.25) is 0 Å². The van der Waals surface area contributed by atoms with Crippen LogP contribution in [0.25, 0.3) is 6.08 Å². The fourth-order valence-electron chi connectivity index (χ4n) is 2.10. The Labute approximate surface area is 90.8 Å². The van der Waals surface area contributed by atoms with Crippen LogP contribution in [-0.4, -0.2) is 5.78 Å². The Bertz CT molecular complexity index is 464. The molecule has 0 heterocycles. The van der Waals surface area contributed by atoms with Crippen LogP contribution >= 0.6 is 0 Å². The molecule has 0 fully saturated rings. The van der Waals surface area contributed by atoms with Crippen molar-refractivity contribution in [2.24, 2.45) is 5.41 Å². The third kappa shape index (κ3) is 1.52. The Balaban J connectivity index is 2.70. The summed E-state index contributed by atoms with van der Waals surface area (Å²) in [6, 6.07) is 4.12. The number of ketones is 1. The van der Waals surface area contributed by atoms with E-state index in [0.29, 0.717) is 0 Å². The van der Waals surface area contributed by atoms with E-state index >= 15 is 0 Å². The van der Waals surface area contributed by atoms with Gasteiger partial charge in [0.1, 0.15) is 0 Å². The van der Waals surface area contributed by atoms with Gasteiger partial charge < -0.3 is 0 Å². The van der Waals surface area contributed by atoms with Crippen molar-refractivity contribution in [2.75, 3.05) is 0 Å². The van der Waals surface area contributed by atoms with E-state index in [1.807, 2.05) is 32.9 Å². The van der Waals surface area contributed by atoms with E-state index in [0.717, 1.165) is 16.7 Å². The smallest absolute Gasteiger partial charge is 0.172 e. The van der Waals surface area contributed by atoms with Crippen LogP contribution in [0, 0.1) is 19.3 Å². The zero-order chi connectivity index (χ0) is 11.2. The Kier molecular flexibility index (Phi) is 2.07. The molecule has 0 unspecified atom stereocenters. The Morgan fingerprint density at radius 1 is 1.13 bits per heavy atom. The molecule has 2 rings (SSSR count). The lowest BCUT2D eigenvalue weighted by atomic mass is 9.77. The predicted octanol–water partition coefficient (Wildman–Crippen LogP) is 3.54. The Hall–Kier alpha value is -1.37. The molecule has 0 bridgehead atoms. The van der Waals surface area contributed by atoms with Crippen molar-refractivity contribution in [2.45, 2.75) is 27.7 Å². The lowest BCUT2D eigenvalue weighted by molar-refractivity contribution is 0.0883. The first-order chi connectivity index (χ1) is 6.92. The van der Waals surface area contributed by atoms with Crippen molar-refractivity contribution < 1.29 is 4.79 Å². The second-order valence-corrected chi connectivity index (χ2v) is 4.93. The van der Waals surface area contributed by atoms with Crippen molar-refractivity contribution in [3.05, 3.63) is 40.5 Å². The molecule has 15 heavy (non-hydrogen) atoms. The van der Waals surface area contributed by atoms with Crippen LogP contribution in [0.15, 0.2) is 18.2 Å². The lowest BCUT2D eigenvalue weighted by Gasteiger charge is -2.25. The zero-order valence-electron chi connectivity index (χ0n) is 9.72. The quantitative estimate of drug-likeness (QED) is 0.626. The normalized spacial score (nSPS) is 17.7. The summed E-state index contributed by atoms with van der Waals surface area (Å²) in [5, 5.41) is 0. The van der Waals surface area contributed by atoms with E-state index in [9.17, 15) is 4.79 Å². The Morgan fingerprint density at radius 2 is 1.80 bits per heavy atom. The highest BCUT2D eigenvalue weighted by Gasteiger charge is 2.30. The minimum atomic E-state index is -0.354. The monoisotopic (exact) mass is 200 g/mol. The molecule has 1 aliphatic carbocycles. The summed E-state index contributed by atoms with van der Waals surface area (Å²) in [6.45, 7) is 8.02. The van der Waals surface area contributed by atoms with Gasteiger partial charge in [-0.05, 0) is 44.9 Å². The fraction of sp³-hybridized carbons (Fsp3) is 0.357. The third-order valence-corrected chi connectivity index (χ3v) is 3.03. The van der Waals surface area contributed by atoms with E-state index in [-0.39, 0.29) is 11.2 Å².